The van der Waals surface area contributed by atoms with Crippen molar-refractivity contribution >= 4 is 32.7 Å². The Kier molecular flexibility index (Phi) is 6.45. The first-order valence-corrected chi connectivity index (χ1v) is 12.7. The molecule has 1 aliphatic heterocycles. The molecule has 3 heterocycles. The molecule has 0 aliphatic carbocycles. The number of anilines is 1. The predicted molar refractivity (Wildman–Crippen MR) is 130 cm³/mol. The molecule has 1 aromatic carbocycles. The van der Waals surface area contributed by atoms with Gasteiger partial charge in [0.2, 0.25) is 10.0 Å². The highest BCUT2D eigenvalue weighted by atomic mass is 32.2. The van der Waals surface area contributed by atoms with Gasteiger partial charge < -0.3 is 14.8 Å². The minimum absolute atomic E-state index is 0.0114. The zero-order valence-electron chi connectivity index (χ0n) is 19.5. The molecule has 0 atom stereocenters. The van der Waals surface area contributed by atoms with E-state index in [-0.39, 0.29) is 22.9 Å². The molecule has 0 bridgehead atoms. The number of pyridine rings is 1. The number of carbonyl (C=O) groups excluding carboxylic acids is 1. The van der Waals surface area contributed by atoms with Gasteiger partial charge in [-0.25, -0.2) is 13.4 Å². The Hall–Kier alpha value is -2.91. The molecule has 9 heteroatoms. The highest BCUT2D eigenvalue weighted by Gasteiger charge is 2.30. The number of hydrogen-bond donors (Lipinski definition) is 1. The number of aromatic nitrogens is 2. The number of para-hydroxylation sites is 1. The average Bonchev–Trinajstić information content (AvgIpc) is 3.22. The fraction of sp³-hybridized carbons (Fsp3) is 0.417. The molecule has 2 aromatic heterocycles. The van der Waals surface area contributed by atoms with Crippen LogP contribution in [0.25, 0.3) is 10.9 Å². The van der Waals surface area contributed by atoms with Gasteiger partial charge in [0, 0.05) is 55.4 Å². The topological polar surface area (TPSA) is 89.6 Å². The third-order valence-electron chi connectivity index (χ3n) is 5.97. The van der Waals surface area contributed by atoms with Gasteiger partial charge in [0.25, 0.3) is 5.91 Å². The summed E-state index contributed by atoms with van der Waals surface area (Å²) in [4.78, 5) is 24.7. The third-order valence-corrected chi connectivity index (χ3v) is 8.20. The van der Waals surface area contributed by atoms with Crippen LogP contribution in [0.5, 0.6) is 0 Å². The SMILES string of the molecule is CC(C)N(C(C)C)S(=O)(=O)c1ccc(N2CCN(C(=O)c3cc4ccccc4[nH]3)CC2)nc1. The summed E-state index contributed by atoms with van der Waals surface area (Å²) in [6.45, 7) is 9.90. The summed E-state index contributed by atoms with van der Waals surface area (Å²) in [7, 11) is -3.61. The maximum atomic E-state index is 13.0. The maximum absolute atomic E-state index is 13.0. The lowest BCUT2D eigenvalue weighted by atomic mass is 10.2. The molecule has 0 spiro atoms. The van der Waals surface area contributed by atoms with E-state index in [2.05, 4.69) is 14.9 Å². The van der Waals surface area contributed by atoms with Crippen LogP contribution in [-0.4, -0.2) is 71.8 Å². The summed E-state index contributed by atoms with van der Waals surface area (Å²) >= 11 is 0. The van der Waals surface area contributed by atoms with Crippen molar-refractivity contribution < 1.29 is 13.2 Å². The number of aromatic amines is 1. The number of fused-ring (bicyclic) bond motifs is 1. The van der Waals surface area contributed by atoms with Gasteiger partial charge in [0.05, 0.1) is 0 Å². The van der Waals surface area contributed by atoms with Gasteiger partial charge in [-0.15, -0.1) is 0 Å². The monoisotopic (exact) mass is 469 g/mol. The average molecular weight is 470 g/mol. The second kappa shape index (κ2) is 9.15. The Morgan fingerprint density at radius 3 is 2.24 bits per heavy atom. The Balaban J connectivity index is 1.42. The van der Waals surface area contributed by atoms with Crippen LogP contribution in [-0.2, 0) is 10.0 Å². The second-order valence-electron chi connectivity index (χ2n) is 8.92. The second-order valence-corrected chi connectivity index (χ2v) is 10.8. The molecule has 33 heavy (non-hydrogen) atoms. The van der Waals surface area contributed by atoms with E-state index >= 15 is 0 Å². The fourth-order valence-corrected chi connectivity index (χ4v) is 6.26. The predicted octanol–water partition coefficient (Wildman–Crippen LogP) is 3.33. The minimum Gasteiger partial charge on any atom is -0.353 e. The van der Waals surface area contributed by atoms with Crippen LogP contribution in [0.15, 0.2) is 53.6 Å². The first-order valence-electron chi connectivity index (χ1n) is 11.3. The van der Waals surface area contributed by atoms with E-state index in [1.165, 1.54) is 10.5 Å². The van der Waals surface area contributed by atoms with E-state index in [0.717, 1.165) is 10.9 Å². The lowest BCUT2D eigenvalue weighted by Crippen LogP contribution is -2.49. The van der Waals surface area contributed by atoms with Gasteiger partial charge in [-0.05, 0) is 52.0 Å². The maximum Gasteiger partial charge on any atom is 0.270 e. The van der Waals surface area contributed by atoms with Crippen molar-refractivity contribution in [3.63, 3.8) is 0 Å². The standard InChI is InChI=1S/C24H31N5O3S/c1-17(2)29(18(3)4)33(31,32)20-9-10-23(25-16-20)27-11-13-28(14-12-27)24(30)22-15-19-7-5-6-8-21(19)26-22/h5-10,15-18,26H,11-14H2,1-4H3. The van der Waals surface area contributed by atoms with Gasteiger partial charge >= 0.3 is 0 Å². The van der Waals surface area contributed by atoms with Crippen molar-refractivity contribution in [3.8, 4) is 0 Å². The number of nitrogens with zero attached hydrogens (tertiary/aromatic N) is 4. The number of carbonyl (C=O) groups is 1. The highest BCUT2D eigenvalue weighted by molar-refractivity contribution is 7.89. The van der Waals surface area contributed by atoms with Gasteiger partial charge in [-0.2, -0.15) is 4.31 Å². The molecule has 1 saturated heterocycles. The van der Waals surface area contributed by atoms with Crippen molar-refractivity contribution in [1.82, 2.24) is 19.2 Å². The molecule has 1 aliphatic rings. The molecular weight excluding hydrogens is 438 g/mol. The molecule has 1 N–H and O–H groups in total. The fourth-order valence-electron chi connectivity index (χ4n) is 4.48. The van der Waals surface area contributed by atoms with E-state index in [9.17, 15) is 13.2 Å². The van der Waals surface area contributed by atoms with Gasteiger partial charge in [0.15, 0.2) is 0 Å². The molecule has 3 aromatic rings. The van der Waals surface area contributed by atoms with Crippen LogP contribution in [0.2, 0.25) is 0 Å². The first kappa shape index (κ1) is 23.3. The Labute approximate surface area is 195 Å². The molecule has 4 rings (SSSR count). The van der Waals surface area contributed by atoms with E-state index in [1.807, 2.05) is 62.9 Å². The van der Waals surface area contributed by atoms with Crippen molar-refractivity contribution in [2.75, 3.05) is 31.1 Å². The lowest BCUT2D eigenvalue weighted by Gasteiger charge is -2.35. The summed E-state index contributed by atoms with van der Waals surface area (Å²) in [6, 6.07) is 12.8. The molecule has 0 unspecified atom stereocenters. The van der Waals surface area contributed by atoms with Crippen LogP contribution in [0.4, 0.5) is 5.82 Å². The quantitative estimate of drug-likeness (QED) is 0.598. The molecule has 0 radical (unpaired) electrons. The van der Waals surface area contributed by atoms with Crippen LogP contribution < -0.4 is 4.90 Å². The number of nitrogens with one attached hydrogen (secondary N) is 1. The number of amides is 1. The summed E-state index contributed by atoms with van der Waals surface area (Å²) < 4.78 is 27.6. The molecule has 1 fully saturated rings. The molecule has 8 nitrogen and oxygen atoms in total. The van der Waals surface area contributed by atoms with Crippen molar-refractivity contribution in [1.29, 1.82) is 0 Å². The third kappa shape index (κ3) is 4.60. The van der Waals surface area contributed by atoms with Crippen molar-refractivity contribution in [3.05, 3.63) is 54.4 Å². The number of rotatable bonds is 6. The van der Waals surface area contributed by atoms with Crippen LogP contribution >= 0.6 is 0 Å². The van der Waals surface area contributed by atoms with E-state index < -0.39 is 10.0 Å². The molecule has 0 saturated carbocycles. The normalized spacial score (nSPS) is 15.2. The van der Waals surface area contributed by atoms with E-state index in [4.69, 9.17) is 0 Å². The Morgan fingerprint density at radius 2 is 1.67 bits per heavy atom. The molecule has 176 valence electrons. The van der Waals surface area contributed by atoms with Gasteiger partial charge in [-0.1, -0.05) is 18.2 Å². The van der Waals surface area contributed by atoms with Crippen molar-refractivity contribution in [2.45, 2.75) is 44.7 Å². The number of hydrogen-bond acceptors (Lipinski definition) is 5. The number of sulfonamides is 1. The van der Waals surface area contributed by atoms with E-state index in [0.29, 0.717) is 37.7 Å². The van der Waals surface area contributed by atoms with Gasteiger partial charge in [-0.3, -0.25) is 4.79 Å². The number of H-pyrrole nitrogens is 1. The van der Waals surface area contributed by atoms with Crippen LogP contribution in [0.1, 0.15) is 38.2 Å². The van der Waals surface area contributed by atoms with Crippen molar-refractivity contribution in [2.24, 2.45) is 0 Å². The largest absolute Gasteiger partial charge is 0.353 e. The summed E-state index contributed by atoms with van der Waals surface area (Å²) in [5.41, 5.74) is 1.55. The summed E-state index contributed by atoms with van der Waals surface area (Å²) in [5.74, 6) is 0.704. The van der Waals surface area contributed by atoms with Crippen LogP contribution in [0, 0.1) is 0 Å². The Morgan fingerprint density at radius 1 is 1.00 bits per heavy atom. The lowest BCUT2D eigenvalue weighted by molar-refractivity contribution is 0.0741. The number of benzene rings is 1. The minimum atomic E-state index is -3.61. The molecular formula is C24H31N5O3S. The smallest absolute Gasteiger partial charge is 0.270 e. The molecule has 1 amide bonds. The Bertz CT molecular complexity index is 1190. The summed E-state index contributed by atoms with van der Waals surface area (Å²) in [5, 5.41) is 1.02. The first-order chi connectivity index (χ1) is 15.7. The van der Waals surface area contributed by atoms with Gasteiger partial charge in [0.1, 0.15) is 16.4 Å². The van der Waals surface area contributed by atoms with Crippen LogP contribution in [0.3, 0.4) is 0 Å². The highest BCUT2D eigenvalue weighted by Crippen LogP contribution is 2.23. The van der Waals surface area contributed by atoms with E-state index in [1.54, 1.807) is 12.1 Å². The zero-order valence-corrected chi connectivity index (χ0v) is 20.3. The number of piperazine rings is 1. The summed E-state index contributed by atoms with van der Waals surface area (Å²) in [6.07, 6.45) is 1.43. The zero-order chi connectivity index (χ0) is 23.8.